The maximum absolute atomic E-state index is 11.1. The summed E-state index contributed by atoms with van der Waals surface area (Å²) in [5.74, 6) is 2.07. The van der Waals surface area contributed by atoms with Crippen molar-refractivity contribution in [3.8, 4) is 0 Å². The van der Waals surface area contributed by atoms with E-state index in [-0.39, 0.29) is 5.91 Å². The molecule has 0 spiro atoms. The molecule has 11 heavy (non-hydrogen) atoms. The third-order valence-electron chi connectivity index (χ3n) is 3.08. The van der Waals surface area contributed by atoms with E-state index in [9.17, 15) is 4.79 Å². The first-order chi connectivity index (χ1) is 5.18. The van der Waals surface area contributed by atoms with E-state index in [1.165, 1.54) is 12.8 Å². The largest absolute Gasteiger partial charge is 0.340 e. The second kappa shape index (κ2) is 2.23. The van der Waals surface area contributed by atoms with Gasteiger partial charge < -0.3 is 4.90 Å². The van der Waals surface area contributed by atoms with Crippen LogP contribution in [0, 0.1) is 11.8 Å². The van der Waals surface area contributed by atoms with Crippen LogP contribution in [0.2, 0.25) is 0 Å². The molecule has 3 atom stereocenters. The Morgan fingerprint density at radius 3 is 2.73 bits per heavy atom. The third-order valence-corrected chi connectivity index (χ3v) is 3.08. The highest BCUT2D eigenvalue weighted by Gasteiger charge is 2.44. The Labute approximate surface area is 67.6 Å². The fraction of sp³-hybridized carbons (Fsp3) is 0.889. The van der Waals surface area contributed by atoms with Gasteiger partial charge in [-0.1, -0.05) is 0 Å². The molecule has 1 saturated carbocycles. The van der Waals surface area contributed by atoms with E-state index < -0.39 is 0 Å². The van der Waals surface area contributed by atoms with Crippen molar-refractivity contribution in [1.29, 1.82) is 0 Å². The number of amides is 1. The number of piperidine rings is 1. The average molecular weight is 153 g/mol. The monoisotopic (exact) mass is 153 g/mol. The quantitative estimate of drug-likeness (QED) is 0.513. The van der Waals surface area contributed by atoms with Gasteiger partial charge in [-0.2, -0.15) is 0 Å². The van der Waals surface area contributed by atoms with E-state index in [2.05, 4.69) is 6.92 Å². The van der Waals surface area contributed by atoms with Crippen molar-refractivity contribution in [2.75, 3.05) is 6.54 Å². The minimum Gasteiger partial charge on any atom is -0.340 e. The van der Waals surface area contributed by atoms with Gasteiger partial charge in [0.2, 0.25) is 5.91 Å². The van der Waals surface area contributed by atoms with Gasteiger partial charge in [-0.25, -0.2) is 0 Å². The highest BCUT2D eigenvalue weighted by atomic mass is 16.2. The van der Waals surface area contributed by atoms with Crippen LogP contribution in [-0.4, -0.2) is 23.4 Å². The molecule has 2 rings (SSSR count). The van der Waals surface area contributed by atoms with E-state index in [0.717, 1.165) is 18.4 Å². The molecule has 1 heterocycles. The summed E-state index contributed by atoms with van der Waals surface area (Å²) in [6, 6.07) is 0.497. The van der Waals surface area contributed by atoms with Gasteiger partial charge in [-0.3, -0.25) is 4.79 Å². The lowest BCUT2D eigenvalue weighted by Crippen LogP contribution is -2.41. The van der Waals surface area contributed by atoms with Crippen molar-refractivity contribution in [2.24, 2.45) is 11.8 Å². The zero-order valence-electron chi connectivity index (χ0n) is 7.21. The molecule has 0 aromatic heterocycles. The zero-order chi connectivity index (χ0) is 8.01. The van der Waals surface area contributed by atoms with Gasteiger partial charge >= 0.3 is 0 Å². The normalized spacial score (nSPS) is 41.6. The highest BCUT2D eigenvalue weighted by molar-refractivity contribution is 5.73. The summed E-state index contributed by atoms with van der Waals surface area (Å²) in [5.41, 5.74) is 0. The summed E-state index contributed by atoms with van der Waals surface area (Å²) in [5, 5.41) is 0. The molecule has 0 radical (unpaired) electrons. The van der Waals surface area contributed by atoms with Crippen LogP contribution in [0.15, 0.2) is 0 Å². The van der Waals surface area contributed by atoms with Crippen molar-refractivity contribution in [3.63, 3.8) is 0 Å². The first-order valence-electron chi connectivity index (χ1n) is 4.45. The van der Waals surface area contributed by atoms with Crippen LogP contribution in [0.5, 0.6) is 0 Å². The maximum atomic E-state index is 11.1. The van der Waals surface area contributed by atoms with Crippen LogP contribution in [0.4, 0.5) is 0 Å². The SMILES string of the molecule is CC(=O)N1CC2CC2CC1C. The van der Waals surface area contributed by atoms with E-state index >= 15 is 0 Å². The number of likely N-dealkylation sites (tertiary alicyclic amines) is 1. The Kier molecular flexibility index (Phi) is 1.44. The molecule has 1 aliphatic carbocycles. The van der Waals surface area contributed by atoms with Crippen LogP contribution in [0.25, 0.3) is 0 Å². The highest BCUT2D eigenvalue weighted by Crippen LogP contribution is 2.46. The number of carbonyl (C=O) groups is 1. The van der Waals surface area contributed by atoms with Crippen molar-refractivity contribution in [2.45, 2.75) is 32.7 Å². The molecule has 1 saturated heterocycles. The molecular formula is C9H15NO. The molecule has 1 aliphatic heterocycles. The van der Waals surface area contributed by atoms with Gasteiger partial charge in [0.05, 0.1) is 0 Å². The molecule has 2 nitrogen and oxygen atoms in total. The number of fused-ring (bicyclic) bond motifs is 1. The number of nitrogens with zero attached hydrogens (tertiary/aromatic N) is 1. The summed E-state index contributed by atoms with van der Waals surface area (Å²) < 4.78 is 0. The summed E-state index contributed by atoms with van der Waals surface area (Å²) >= 11 is 0. The van der Waals surface area contributed by atoms with E-state index in [1.54, 1.807) is 6.92 Å². The van der Waals surface area contributed by atoms with Gasteiger partial charge in [-0.05, 0) is 31.6 Å². The van der Waals surface area contributed by atoms with Crippen LogP contribution in [0.3, 0.4) is 0 Å². The third kappa shape index (κ3) is 1.15. The van der Waals surface area contributed by atoms with Gasteiger partial charge in [0.25, 0.3) is 0 Å². The van der Waals surface area contributed by atoms with Crippen molar-refractivity contribution in [3.05, 3.63) is 0 Å². The lowest BCUT2D eigenvalue weighted by molar-refractivity contribution is -0.132. The van der Waals surface area contributed by atoms with Crippen LogP contribution in [0.1, 0.15) is 26.7 Å². The van der Waals surface area contributed by atoms with Gasteiger partial charge in [-0.15, -0.1) is 0 Å². The molecule has 62 valence electrons. The predicted octanol–water partition coefficient (Wildman–Crippen LogP) is 1.26. The topological polar surface area (TPSA) is 20.3 Å². The standard InChI is InChI=1S/C9H15NO/c1-6-3-8-4-9(8)5-10(6)7(2)11/h6,8-9H,3-5H2,1-2H3. The van der Waals surface area contributed by atoms with Crippen molar-refractivity contribution in [1.82, 2.24) is 4.90 Å². The van der Waals surface area contributed by atoms with Crippen molar-refractivity contribution < 1.29 is 4.79 Å². The Bertz CT molecular complexity index is 190. The summed E-state index contributed by atoms with van der Waals surface area (Å²) in [6.07, 6.45) is 2.61. The van der Waals surface area contributed by atoms with Crippen LogP contribution < -0.4 is 0 Å². The number of hydrogen-bond donors (Lipinski definition) is 0. The average Bonchev–Trinajstić information content (AvgIpc) is 2.63. The molecule has 0 bridgehead atoms. The Morgan fingerprint density at radius 2 is 2.09 bits per heavy atom. The minimum absolute atomic E-state index is 0.253. The smallest absolute Gasteiger partial charge is 0.219 e. The first kappa shape index (κ1) is 7.14. The number of carbonyl (C=O) groups excluding carboxylic acids is 1. The molecular weight excluding hydrogens is 138 g/mol. The lowest BCUT2D eigenvalue weighted by atomic mass is 10.0. The number of rotatable bonds is 0. The molecule has 2 aliphatic rings. The second-order valence-corrected chi connectivity index (χ2v) is 4.01. The van der Waals surface area contributed by atoms with Gasteiger partial charge in [0, 0.05) is 19.5 Å². The van der Waals surface area contributed by atoms with E-state index in [1.807, 2.05) is 4.90 Å². The van der Waals surface area contributed by atoms with Crippen LogP contribution in [-0.2, 0) is 4.79 Å². The molecule has 2 fully saturated rings. The zero-order valence-corrected chi connectivity index (χ0v) is 7.21. The van der Waals surface area contributed by atoms with Crippen LogP contribution >= 0.6 is 0 Å². The first-order valence-corrected chi connectivity index (χ1v) is 4.45. The Morgan fingerprint density at radius 1 is 1.36 bits per heavy atom. The maximum Gasteiger partial charge on any atom is 0.219 e. The molecule has 0 aromatic rings. The number of hydrogen-bond acceptors (Lipinski definition) is 1. The van der Waals surface area contributed by atoms with Gasteiger partial charge in [0.15, 0.2) is 0 Å². The molecule has 1 amide bonds. The molecule has 0 N–H and O–H groups in total. The summed E-state index contributed by atoms with van der Waals surface area (Å²) in [4.78, 5) is 13.1. The Hall–Kier alpha value is -0.530. The van der Waals surface area contributed by atoms with Gasteiger partial charge in [0.1, 0.15) is 0 Å². The van der Waals surface area contributed by atoms with E-state index in [0.29, 0.717) is 6.04 Å². The Balaban J connectivity index is 2.03. The second-order valence-electron chi connectivity index (χ2n) is 4.01. The minimum atomic E-state index is 0.253. The molecule has 0 aromatic carbocycles. The summed E-state index contributed by atoms with van der Waals surface area (Å²) in [6.45, 7) is 4.87. The summed E-state index contributed by atoms with van der Waals surface area (Å²) in [7, 11) is 0. The van der Waals surface area contributed by atoms with E-state index in [4.69, 9.17) is 0 Å². The molecule has 3 unspecified atom stereocenters. The predicted molar refractivity (Wildman–Crippen MR) is 43.1 cm³/mol. The lowest BCUT2D eigenvalue weighted by Gasteiger charge is -2.32. The fourth-order valence-corrected chi connectivity index (χ4v) is 2.26. The fourth-order valence-electron chi connectivity index (χ4n) is 2.26. The van der Waals surface area contributed by atoms with Crippen molar-refractivity contribution >= 4 is 5.91 Å². The molecule has 2 heteroatoms.